The van der Waals surface area contributed by atoms with Gasteiger partial charge in [-0.1, -0.05) is 0 Å². The number of carboxylic acid groups (broad SMARTS) is 1. The van der Waals surface area contributed by atoms with Crippen LogP contribution >= 0.6 is 12.6 Å². The molecule has 1 aromatic heterocycles. The van der Waals surface area contributed by atoms with Gasteiger partial charge < -0.3 is 14.8 Å². The number of furan rings is 1. The van der Waals surface area contributed by atoms with E-state index in [-0.39, 0.29) is 5.75 Å². The molecular formula is C7H9NO3S. The Morgan fingerprint density at radius 2 is 2.58 bits per heavy atom. The van der Waals surface area contributed by atoms with Crippen LogP contribution in [0.2, 0.25) is 0 Å². The van der Waals surface area contributed by atoms with Crippen LogP contribution in [0.1, 0.15) is 0 Å². The fourth-order valence-corrected chi connectivity index (χ4v) is 0.965. The number of rotatable bonds is 4. The van der Waals surface area contributed by atoms with Gasteiger partial charge in [0.05, 0.1) is 6.26 Å². The highest BCUT2D eigenvalue weighted by atomic mass is 32.1. The molecule has 4 nitrogen and oxygen atoms in total. The Balaban J connectivity index is 2.54. The third-order valence-corrected chi connectivity index (χ3v) is 1.68. The Morgan fingerprint density at radius 1 is 1.83 bits per heavy atom. The summed E-state index contributed by atoms with van der Waals surface area (Å²) in [6, 6.07) is 2.62. The first-order chi connectivity index (χ1) is 5.74. The van der Waals surface area contributed by atoms with Crippen LogP contribution in [0.4, 0.5) is 5.88 Å². The molecular weight excluding hydrogens is 178 g/mol. The van der Waals surface area contributed by atoms with Crippen molar-refractivity contribution in [3.63, 3.8) is 0 Å². The standard InChI is InChI=1S/C7H9NO3S/c9-7(10)5(4-12)8-6-2-1-3-11-6/h1-3,5,8,12H,4H2,(H,9,10). The molecule has 0 aliphatic heterocycles. The number of anilines is 1. The Labute approximate surface area is 75.0 Å². The smallest absolute Gasteiger partial charge is 0.327 e. The molecule has 5 heteroatoms. The average Bonchev–Trinajstić information content (AvgIpc) is 2.51. The van der Waals surface area contributed by atoms with Crippen molar-refractivity contribution in [2.75, 3.05) is 11.1 Å². The monoisotopic (exact) mass is 187 g/mol. The first kappa shape index (κ1) is 8.99. The van der Waals surface area contributed by atoms with Gasteiger partial charge in [-0.15, -0.1) is 0 Å². The van der Waals surface area contributed by atoms with Gasteiger partial charge in [0.1, 0.15) is 6.04 Å². The molecule has 0 amide bonds. The summed E-state index contributed by atoms with van der Waals surface area (Å²) in [6.07, 6.45) is 1.47. The maximum Gasteiger partial charge on any atom is 0.327 e. The van der Waals surface area contributed by atoms with E-state index in [0.717, 1.165) is 0 Å². The first-order valence-electron chi connectivity index (χ1n) is 3.37. The molecule has 1 heterocycles. The third-order valence-electron chi connectivity index (χ3n) is 1.32. The van der Waals surface area contributed by atoms with Crippen LogP contribution in [0.5, 0.6) is 0 Å². The molecule has 0 aliphatic carbocycles. The van der Waals surface area contributed by atoms with Crippen molar-refractivity contribution < 1.29 is 14.3 Å². The van der Waals surface area contributed by atoms with Gasteiger partial charge in [0.2, 0.25) is 0 Å². The number of nitrogens with one attached hydrogen (secondary N) is 1. The second kappa shape index (κ2) is 4.06. The lowest BCUT2D eigenvalue weighted by atomic mass is 10.3. The van der Waals surface area contributed by atoms with Gasteiger partial charge >= 0.3 is 5.97 Å². The molecule has 12 heavy (non-hydrogen) atoms. The zero-order valence-electron chi connectivity index (χ0n) is 6.23. The van der Waals surface area contributed by atoms with Gasteiger partial charge in [0, 0.05) is 11.8 Å². The number of carboxylic acids is 1. The van der Waals surface area contributed by atoms with Crippen molar-refractivity contribution in [2.24, 2.45) is 0 Å². The Kier molecular flexibility index (Phi) is 3.04. The Morgan fingerprint density at radius 3 is 3.00 bits per heavy atom. The highest BCUT2D eigenvalue weighted by molar-refractivity contribution is 7.80. The largest absolute Gasteiger partial charge is 0.480 e. The molecule has 0 spiro atoms. The summed E-state index contributed by atoms with van der Waals surface area (Å²) < 4.78 is 4.91. The molecule has 0 saturated heterocycles. The fraction of sp³-hybridized carbons (Fsp3) is 0.286. The zero-order valence-corrected chi connectivity index (χ0v) is 7.12. The summed E-state index contributed by atoms with van der Waals surface area (Å²) in [6.45, 7) is 0. The molecule has 1 atom stereocenters. The van der Waals surface area contributed by atoms with Crippen LogP contribution in [0.3, 0.4) is 0 Å². The van der Waals surface area contributed by atoms with E-state index < -0.39 is 12.0 Å². The fourth-order valence-electron chi connectivity index (χ4n) is 0.718. The third kappa shape index (κ3) is 2.20. The van der Waals surface area contributed by atoms with Gasteiger partial charge in [-0.2, -0.15) is 12.6 Å². The highest BCUT2D eigenvalue weighted by Crippen LogP contribution is 2.08. The van der Waals surface area contributed by atoms with Crippen LogP contribution in [0.25, 0.3) is 0 Å². The molecule has 0 aromatic carbocycles. The molecule has 1 rings (SSSR count). The number of hydrogen-bond acceptors (Lipinski definition) is 4. The number of aliphatic carboxylic acids is 1. The minimum Gasteiger partial charge on any atom is -0.480 e. The predicted molar refractivity (Wildman–Crippen MR) is 47.6 cm³/mol. The number of hydrogen-bond donors (Lipinski definition) is 3. The van der Waals surface area contributed by atoms with Gasteiger partial charge in [-0.25, -0.2) is 4.79 Å². The van der Waals surface area contributed by atoms with E-state index in [1.807, 2.05) is 0 Å². The highest BCUT2D eigenvalue weighted by Gasteiger charge is 2.15. The quantitative estimate of drug-likeness (QED) is 0.617. The second-order valence-electron chi connectivity index (χ2n) is 2.20. The summed E-state index contributed by atoms with van der Waals surface area (Å²) in [5.74, 6) is -0.284. The summed E-state index contributed by atoms with van der Waals surface area (Å²) in [5.41, 5.74) is 0. The molecule has 0 bridgehead atoms. The lowest BCUT2D eigenvalue weighted by Crippen LogP contribution is -2.30. The number of carbonyl (C=O) groups is 1. The van der Waals surface area contributed by atoms with Gasteiger partial charge in [-0.3, -0.25) is 0 Å². The van der Waals surface area contributed by atoms with Crippen LogP contribution in [0.15, 0.2) is 22.8 Å². The molecule has 2 N–H and O–H groups in total. The zero-order chi connectivity index (χ0) is 8.97. The van der Waals surface area contributed by atoms with Gasteiger partial charge in [0.25, 0.3) is 0 Å². The van der Waals surface area contributed by atoms with Gasteiger partial charge in [0.15, 0.2) is 5.88 Å². The first-order valence-corrected chi connectivity index (χ1v) is 4.01. The summed E-state index contributed by atoms with van der Waals surface area (Å²) in [7, 11) is 0. The van der Waals surface area contributed by atoms with Crippen molar-refractivity contribution >= 4 is 24.5 Å². The van der Waals surface area contributed by atoms with E-state index in [4.69, 9.17) is 9.52 Å². The van der Waals surface area contributed by atoms with E-state index in [1.165, 1.54) is 6.26 Å². The van der Waals surface area contributed by atoms with E-state index in [2.05, 4.69) is 17.9 Å². The molecule has 0 saturated carbocycles. The van der Waals surface area contributed by atoms with Crippen molar-refractivity contribution in [1.29, 1.82) is 0 Å². The molecule has 0 radical (unpaired) electrons. The molecule has 1 unspecified atom stereocenters. The normalized spacial score (nSPS) is 12.4. The van der Waals surface area contributed by atoms with Crippen molar-refractivity contribution in [3.05, 3.63) is 18.4 Å². The van der Waals surface area contributed by atoms with Crippen molar-refractivity contribution in [2.45, 2.75) is 6.04 Å². The lowest BCUT2D eigenvalue weighted by molar-refractivity contribution is -0.137. The van der Waals surface area contributed by atoms with Crippen LogP contribution in [-0.2, 0) is 4.79 Å². The van der Waals surface area contributed by atoms with Crippen molar-refractivity contribution in [3.8, 4) is 0 Å². The lowest BCUT2D eigenvalue weighted by Gasteiger charge is -2.09. The van der Waals surface area contributed by atoms with E-state index in [0.29, 0.717) is 5.88 Å². The maximum atomic E-state index is 10.5. The number of thiol groups is 1. The van der Waals surface area contributed by atoms with E-state index in [9.17, 15) is 4.79 Å². The maximum absolute atomic E-state index is 10.5. The van der Waals surface area contributed by atoms with Crippen LogP contribution in [0, 0.1) is 0 Å². The summed E-state index contributed by atoms with van der Waals surface area (Å²) in [5, 5.41) is 11.3. The summed E-state index contributed by atoms with van der Waals surface area (Å²) >= 11 is 3.88. The molecule has 0 aliphatic rings. The van der Waals surface area contributed by atoms with Crippen LogP contribution in [-0.4, -0.2) is 22.9 Å². The molecule has 0 fully saturated rings. The SMILES string of the molecule is O=C(O)C(CS)Nc1ccco1. The Hall–Kier alpha value is -1.10. The van der Waals surface area contributed by atoms with Crippen molar-refractivity contribution in [1.82, 2.24) is 0 Å². The second-order valence-corrected chi connectivity index (χ2v) is 2.56. The average molecular weight is 187 g/mol. The Bertz CT molecular complexity index is 247. The molecule has 1 aromatic rings. The minimum atomic E-state index is -0.943. The van der Waals surface area contributed by atoms with E-state index in [1.54, 1.807) is 12.1 Å². The summed E-state index contributed by atoms with van der Waals surface area (Å²) in [4.78, 5) is 10.5. The van der Waals surface area contributed by atoms with Crippen LogP contribution < -0.4 is 5.32 Å². The van der Waals surface area contributed by atoms with Gasteiger partial charge in [-0.05, 0) is 6.07 Å². The predicted octanol–water partition coefficient (Wildman–Crippen LogP) is 1.07. The van der Waals surface area contributed by atoms with E-state index >= 15 is 0 Å². The molecule has 66 valence electrons. The topological polar surface area (TPSA) is 62.5 Å². The minimum absolute atomic E-state index is 0.218.